The van der Waals surface area contributed by atoms with Gasteiger partial charge in [0.05, 0.1) is 11.4 Å². The molecule has 2 heterocycles. The number of rotatable bonds is 5. The molecule has 0 atom stereocenters. The second-order valence-electron chi connectivity index (χ2n) is 5.27. The predicted octanol–water partition coefficient (Wildman–Crippen LogP) is 4.92. The van der Waals surface area contributed by atoms with Crippen molar-refractivity contribution in [3.05, 3.63) is 70.8 Å². The summed E-state index contributed by atoms with van der Waals surface area (Å²) in [7, 11) is 0. The predicted molar refractivity (Wildman–Crippen MR) is 101 cm³/mol. The maximum atomic E-state index is 6.06. The van der Waals surface area contributed by atoms with E-state index < -0.39 is 0 Å². The van der Waals surface area contributed by atoms with Crippen LogP contribution in [0.15, 0.2) is 64.5 Å². The third kappa shape index (κ3) is 3.75. The molecule has 4 rings (SSSR count). The minimum atomic E-state index is 0.472. The van der Waals surface area contributed by atoms with Crippen molar-refractivity contribution in [1.29, 1.82) is 0 Å². The number of benzene rings is 2. The van der Waals surface area contributed by atoms with Crippen LogP contribution < -0.4 is 0 Å². The van der Waals surface area contributed by atoms with E-state index in [-0.39, 0.29) is 0 Å². The van der Waals surface area contributed by atoms with Crippen LogP contribution in [0.25, 0.3) is 17.1 Å². The summed E-state index contributed by atoms with van der Waals surface area (Å²) in [4.78, 5) is 4.41. The summed E-state index contributed by atoms with van der Waals surface area (Å²) in [6.07, 6.45) is 1.64. The van der Waals surface area contributed by atoms with E-state index in [2.05, 4.69) is 20.3 Å². The Labute approximate surface area is 163 Å². The minimum Gasteiger partial charge on any atom is -0.338 e. The SMILES string of the molecule is Clc1ccc(-c2noc(CSc3nncn3-c3cccc(Cl)c3)n2)cc1. The zero-order chi connectivity index (χ0) is 17.9. The molecule has 9 heteroatoms. The Hall–Kier alpha value is -2.35. The van der Waals surface area contributed by atoms with Crippen molar-refractivity contribution in [3.8, 4) is 17.1 Å². The Morgan fingerprint density at radius 2 is 1.88 bits per heavy atom. The first-order chi connectivity index (χ1) is 12.7. The molecule has 6 nitrogen and oxygen atoms in total. The van der Waals surface area contributed by atoms with Gasteiger partial charge in [-0.1, -0.05) is 46.2 Å². The molecule has 2 aromatic heterocycles. The molecule has 4 aromatic rings. The largest absolute Gasteiger partial charge is 0.338 e. The Morgan fingerprint density at radius 3 is 2.69 bits per heavy atom. The molecule has 0 amide bonds. The van der Waals surface area contributed by atoms with Crippen molar-refractivity contribution in [2.24, 2.45) is 0 Å². The average molecular weight is 404 g/mol. The van der Waals surface area contributed by atoms with Gasteiger partial charge in [-0.25, -0.2) is 0 Å². The highest BCUT2D eigenvalue weighted by Crippen LogP contribution is 2.25. The molecule has 0 radical (unpaired) electrons. The van der Waals surface area contributed by atoms with Crippen LogP contribution in [-0.4, -0.2) is 24.9 Å². The minimum absolute atomic E-state index is 0.472. The van der Waals surface area contributed by atoms with Gasteiger partial charge in [-0.2, -0.15) is 4.98 Å². The molecule has 0 N–H and O–H groups in total. The first-order valence-corrected chi connectivity index (χ1v) is 9.30. The lowest BCUT2D eigenvalue weighted by Gasteiger charge is -2.05. The van der Waals surface area contributed by atoms with Crippen LogP contribution in [0, 0.1) is 0 Å². The van der Waals surface area contributed by atoms with Crippen molar-refractivity contribution in [2.75, 3.05) is 0 Å². The van der Waals surface area contributed by atoms with Gasteiger partial charge in [-0.05, 0) is 42.5 Å². The van der Waals surface area contributed by atoms with Gasteiger partial charge in [-0.3, -0.25) is 4.57 Å². The topological polar surface area (TPSA) is 69.6 Å². The van der Waals surface area contributed by atoms with E-state index in [1.165, 1.54) is 11.8 Å². The fourth-order valence-electron chi connectivity index (χ4n) is 2.28. The van der Waals surface area contributed by atoms with Crippen LogP contribution in [-0.2, 0) is 5.75 Å². The zero-order valence-electron chi connectivity index (χ0n) is 13.2. The zero-order valence-corrected chi connectivity index (χ0v) is 15.5. The summed E-state index contributed by atoms with van der Waals surface area (Å²) in [5.74, 6) is 1.49. The molecule has 0 unspecified atom stereocenters. The molecule has 0 fully saturated rings. The van der Waals surface area contributed by atoms with Gasteiger partial charge in [0.15, 0.2) is 5.16 Å². The van der Waals surface area contributed by atoms with Gasteiger partial charge in [0, 0.05) is 15.6 Å². The lowest BCUT2D eigenvalue weighted by molar-refractivity contribution is 0.391. The van der Waals surface area contributed by atoms with Crippen LogP contribution in [0.5, 0.6) is 0 Å². The third-order valence-electron chi connectivity index (χ3n) is 3.50. The monoisotopic (exact) mass is 403 g/mol. The maximum absolute atomic E-state index is 6.06. The van der Waals surface area contributed by atoms with Gasteiger partial charge < -0.3 is 4.52 Å². The highest BCUT2D eigenvalue weighted by atomic mass is 35.5. The summed E-state index contributed by atoms with van der Waals surface area (Å²) in [6, 6.07) is 14.7. The molecule has 2 aromatic carbocycles. The second kappa shape index (κ2) is 7.49. The van der Waals surface area contributed by atoms with Gasteiger partial charge in [0.25, 0.3) is 0 Å². The maximum Gasteiger partial charge on any atom is 0.237 e. The fourth-order valence-corrected chi connectivity index (χ4v) is 3.36. The van der Waals surface area contributed by atoms with Crippen molar-refractivity contribution < 1.29 is 4.52 Å². The lowest BCUT2D eigenvalue weighted by Crippen LogP contribution is -1.95. The van der Waals surface area contributed by atoms with Crippen molar-refractivity contribution in [2.45, 2.75) is 10.9 Å². The number of halogens is 2. The van der Waals surface area contributed by atoms with Crippen LogP contribution in [0.2, 0.25) is 10.0 Å². The molecule has 0 aliphatic heterocycles. The van der Waals surface area contributed by atoms with Crippen LogP contribution in [0.3, 0.4) is 0 Å². The second-order valence-corrected chi connectivity index (χ2v) is 7.09. The number of aromatic nitrogens is 5. The van der Waals surface area contributed by atoms with Gasteiger partial charge >= 0.3 is 0 Å². The molecule has 0 saturated carbocycles. The van der Waals surface area contributed by atoms with E-state index in [1.807, 2.05) is 41.0 Å². The van der Waals surface area contributed by atoms with Crippen LogP contribution >= 0.6 is 35.0 Å². The van der Waals surface area contributed by atoms with E-state index in [0.29, 0.717) is 32.7 Å². The lowest BCUT2D eigenvalue weighted by atomic mass is 10.2. The first kappa shape index (κ1) is 17.1. The van der Waals surface area contributed by atoms with Crippen LogP contribution in [0.1, 0.15) is 5.89 Å². The summed E-state index contributed by atoms with van der Waals surface area (Å²) in [5, 5.41) is 14.1. The van der Waals surface area contributed by atoms with Crippen molar-refractivity contribution in [1.82, 2.24) is 24.9 Å². The van der Waals surface area contributed by atoms with E-state index in [4.69, 9.17) is 27.7 Å². The van der Waals surface area contributed by atoms with Crippen molar-refractivity contribution in [3.63, 3.8) is 0 Å². The van der Waals surface area contributed by atoms with Gasteiger partial charge in [0.2, 0.25) is 11.7 Å². The molecule has 0 aliphatic rings. The molecular weight excluding hydrogens is 393 g/mol. The van der Waals surface area contributed by atoms with Crippen molar-refractivity contribution >= 4 is 35.0 Å². The fraction of sp³-hybridized carbons (Fsp3) is 0.0588. The van der Waals surface area contributed by atoms with Crippen LogP contribution in [0.4, 0.5) is 0 Å². The summed E-state index contributed by atoms with van der Waals surface area (Å²) in [5.41, 5.74) is 1.73. The normalized spacial score (nSPS) is 11.0. The summed E-state index contributed by atoms with van der Waals surface area (Å²) >= 11 is 13.4. The number of thioether (sulfide) groups is 1. The first-order valence-electron chi connectivity index (χ1n) is 7.56. The standard InChI is InChI=1S/C17H11Cl2N5OS/c18-12-6-4-11(5-7-12)16-21-15(25-23-16)9-26-17-22-20-10-24(17)14-3-1-2-13(19)8-14/h1-8,10H,9H2. The van der Waals surface area contributed by atoms with Gasteiger partial charge in [-0.15, -0.1) is 10.2 Å². The molecule has 130 valence electrons. The number of hydrogen-bond donors (Lipinski definition) is 0. The average Bonchev–Trinajstić information content (AvgIpc) is 3.30. The van der Waals surface area contributed by atoms with E-state index in [9.17, 15) is 0 Å². The summed E-state index contributed by atoms with van der Waals surface area (Å²) < 4.78 is 7.17. The molecule has 0 bridgehead atoms. The molecule has 0 aliphatic carbocycles. The Morgan fingerprint density at radius 1 is 1.04 bits per heavy atom. The molecule has 0 spiro atoms. The van der Waals surface area contributed by atoms with E-state index in [1.54, 1.807) is 18.5 Å². The molecular formula is C17H11Cl2N5OS. The quantitative estimate of drug-likeness (QED) is 0.440. The Kier molecular flexibility index (Phi) is 4.92. The number of nitrogens with zero attached hydrogens (tertiary/aromatic N) is 5. The smallest absolute Gasteiger partial charge is 0.237 e. The molecule has 0 saturated heterocycles. The highest BCUT2D eigenvalue weighted by Gasteiger charge is 2.12. The number of hydrogen-bond acceptors (Lipinski definition) is 6. The highest BCUT2D eigenvalue weighted by molar-refractivity contribution is 7.98. The summed E-state index contributed by atoms with van der Waals surface area (Å²) in [6.45, 7) is 0. The Bertz CT molecular complexity index is 1030. The molecule has 26 heavy (non-hydrogen) atoms. The third-order valence-corrected chi connectivity index (χ3v) is 4.91. The van der Waals surface area contributed by atoms with E-state index in [0.717, 1.165) is 11.3 Å². The van der Waals surface area contributed by atoms with Gasteiger partial charge in [0.1, 0.15) is 6.33 Å². The van der Waals surface area contributed by atoms with E-state index >= 15 is 0 Å². The Balaban J connectivity index is 1.49.